The number of alkyl halides is 2. The molecule has 2 heterocycles. The Kier molecular flexibility index (Phi) is 5.83. The van der Waals surface area contributed by atoms with E-state index in [4.69, 9.17) is 4.74 Å². The summed E-state index contributed by atoms with van der Waals surface area (Å²) < 4.78 is 42.5. The lowest BCUT2D eigenvalue weighted by Crippen LogP contribution is -2.45. The molecule has 3 aliphatic rings. The van der Waals surface area contributed by atoms with E-state index in [1.807, 2.05) is 30.3 Å². The van der Waals surface area contributed by atoms with Gasteiger partial charge in [0.2, 0.25) is 5.91 Å². The molecule has 0 spiro atoms. The van der Waals surface area contributed by atoms with E-state index in [0.29, 0.717) is 31.2 Å². The molecule has 2 aliphatic heterocycles. The van der Waals surface area contributed by atoms with Crippen molar-refractivity contribution >= 4 is 11.9 Å². The van der Waals surface area contributed by atoms with Crippen LogP contribution in [0.2, 0.25) is 0 Å². The molecule has 7 nitrogen and oxygen atoms in total. The number of amides is 1. The van der Waals surface area contributed by atoms with Gasteiger partial charge in [-0.1, -0.05) is 48.5 Å². The van der Waals surface area contributed by atoms with Gasteiger partial charge in [0, 0.05) is 6.04 Å². The number of carboxylic acids is 1. The van der Waals surface area contributed by atoms with E-state index in [-0.39, 0.29) is 41.2 Å². The maximum absolute atomic E-state index is 13.6. The van der Waals surface area contributed by atoms with Crippen LogP contribution in [0.5, 0.6) is 11.5 Å². The van der Waals surface area contributed by atoms with Crippen LogP contribution in [-0.2, 0) is 14.9 Å². The Morgan fingerprint density at radius 2 is 1.47 bits per heavy atom. The van der Waals surface area contributed by atoms with Gasteiger partial charge in [0.25, 0.3) is 0 Å². The molecular weight excluding hydrogens is 496 g/mol. The Labute approximate surface area is 217 Å². The van der Waals surface area contributed by atoms with Crippen molar-refractivity contribution in [2.75, 3.05) is 0 Å². The van der Waals surface area contributed by atoms with Crippen molar-refractivity contribution in [3.63, 3.8) is 0 Å². The first-order chi connectivity index (χ1) is 18.2. The first-order valence-electron chi connectivity index (χ1n) is 12.5. The summed E-state index contributed by atoms with van der Waals surface area (Å²) in [7, 11) is 0. The van der Waals surface area contributed by atoms with E-state index in [1.54, 1.807) is 30.3 Å². The van der Waals surface area contributed by atoms with Crippen molar-refractivity contribution in [1.29, 1.82) is 0 Å². The minimum absolute atomic E-state index is 0.0538. The fraction of sp³-hybridized carbons (Fsp3) is 0.310. The van der Waals surface area contributed by atoms with Crippen LogP contribution in [0.3, 0.4) is 0 Å². The average Bonchev–Trinajstić information content (AvgIpc) is 3.66. The second-order valence-corrected chi connectivity index (χ2v) is 10.0. The van der Waals surface area contributed by atoms with Gasteiger partial charge in [0.15, 0.2) is 11.5 Å². The Morgan fingerprint density at radius 3 is 2.11 bits per heavy atom. The van der Waals surface area contributed by atoms with Gasteiger partial charge < -0.3 is 24.6 Å². The smallest absolute Gasteiger partial charge is 0.478 e. The number of hydrogen-bond donors (Lipinski definition) is 2. The molecule has 0 radical (unpaired) electrons. The summed E-state index contributed by atoms with van der Waals surface area (Å²) in [5, 5.41) is 12.4. The summed E-state index contributed by atoms with van der Waals surface area (Å²) in [5.74, 6) is -1.30. The number of carbonyl (C=O) groups is 2. The Balaban J connectivity index is 1.23. The molecule has 38 heavy (non-hydrogen) atoms. The van der Waals surface area contributed by atoms with E-state index in [9.17, 15) is 23.5 Å². The number of hydrogen-bond acceptors (Lipinski definition) is 5. The zero-order valence-corrected chi connectivity index (χ0v) is 20.2. The number of nitrogens with one attached hydrogen (secondary N) is 1. The summed E-state index contributed by atoms with van der Waals surface area (Å²) in [6.45, 7) is 0. The molecule has 0 unspecified atom stereocenters. The molecule has 1 aliphatic carbocycles. The lowest BCUT2D eigenvalue weighted by Gasteiger charge is -2.37. The summed E-state index contributed by atoms with van der Waals surface area (Å²) in [5.41, 5.74) is 1.80. The number of carbonyl (C=O) groups excluding carboxylic acids is 1. The van der Waals surface area contributed by atoms with E-state index in [2.05, 4.69) is 14.8 Å². The topological polar surface area (TPSA) is 94.1 Å². The standard InChI is InChI=1S/C29H25F2NO6/c30-29(31)37-22-11-10-20(14-25(22)38-29)28(12-13-28)27(35)32-21-15-23(17-4-2-1-3-5-17)36-24(16-21)18-6-8-19(9-7-18)26(33)34/h1-11,14,21,23-24H,12-13,15-16H2,(H,32,35)(H,33,34)/t21-,23-,24+/m1/s1. The third-order valence-corrected chi connectivity index (χ3v) is 7.50. The number of rotatable bonds is 6. The van der Waals surface area contributed by atoms with Gasteiger partial charge in [0.05, 0.1) is 23.2 Å². The first kappa shape index (κ1) is 24.4. The normalized spacial score (nSPS) is 24.4. The molecule has 6 rings (SSSR count). The maximum atomic E-state index is 13.6. The number of aromatic carboxylic acids is 1. The second-order valence-electron chi connectivity index (χ2n) is 10.0. The van der Waals surface area contributed by atoms with Crippen molar-refractivity contribution in [2.45, 2.75) is 55.6 Å². The summed E-state index contributed by atoms with van der Waals surface area (Å²) in [6, 6.07) is 20.6. The van der Waals surface area contributed by atoms with Crippen LogP contribution in [0.15, 0.2) is 72.8 Å². The number of fused-ring (bicyclic) bond motifs is 1. The van der Waals surface area contributed by atoms with Crippen LogP contribution in [0.25, 0.3) is 0 Å². The first-order valence-corrected chi connectivity index (χ1v) is 12.5. The molecule has 1 saturated heterocycles. The molecule has 2 fully saturated rings. The van der Waals surface area contributed by atoms with Crippen LogP contribution in [-0.4, -0.2) is 29.3 Å². The van der Waals surface area contributed by atoms with Crippen LogP contribution in [0, 0.1) is 0 Å². The monoisotopic (exact) mass is 521 g/mol. The van der Waals surface area contributed by atoms with Gasteiger partial charge in [-0.15, -0.1) is 8.78 Å². The van der Waals surface area contributed by atoms with Crippen LogP contribution < -0.4 is 14.8 Å². The Hall–Kier alpha value is -3.98. The molecule has 3 aromatic rings. The van der Waals surface area contributed by atoms with Gasteiger partial charge in [-0.25, -0.2) is 4.79 Å². The van der Waals surface area contributed by atoms with E-state index in [0.717, 1.165) is 11.1 Å². The van der Waals surface area contributed by atoms with Gasteiger partial charge in [-0.3, -0.25) is 4.79 Å². The average molecular weight is 522 g/mol. The third kappa shape index (κ3) is 4.58. The molecule has 3 atom stereocenters. The molecule has 9 heteroatoms. The lowest BCUT2D eigenvalue weighted by atomic mass is 9.89. The molecule has 196 valence electrons. The third-order valence-electron chi connectivity index (χ3n) is 7.50. The van der Waals surface area contributed by atoms with Gasteiger partial charge >= 0.3 is 12.3 Å². The molecule has 1 amide bonds. The van der Waals surface area contributed by atoms with Gasteiger partial charge in [-0.2, -0.15) is 0 Å². The van der Waals surface area contributed by atoms with E-state index >= 15 is 0 Å². The molecule has 1 saturated carbocycles. The SMILES string of the molecule is O=C(O)c1ccc([C@@H]2C[C@H](NC(=O)C3(c4ccc5c(c4)OC(F)(F)O5)CC3)C[C@H](c3ccccc3)O2)cc1. The Morgan fingerprint density at radius 1 is 0.842 bits per heavy atom. The molecule has 3 aromatic carbocycles. The molecule has 0 bridgehead atoms. The van der Waals surface area contributed by atoms with Crippen molar-refractivity contribution in [3.8, 4) is 11.5 Å². The highest BCUT2D eigenvalue weighted by molar-refractivity contribution is 5.91. The van der Waals surface area contributed by atoms with Crippen molar-refractivity contribution in [1.82, 2.24) is 5.32 Å². The molecule has 2 N–H and O–H groups in total. The quantitative estimate of drug-likeness (QED) is 0.444. The molecule has 0 aromatic heterocycles. The maximum Gasteiger partial charge on any atom is 0.586 e. The van der Waals surface area contributed by atoms with Crippen molar-refractivity contribution in [3.05, 3.63) is 95.1 Å². The van der Waals surface area contributed by atoms with E-state index in [1.165, 1.54) is 12.1 Å². The van der Waals surface area contributed by atoms with Crippen molar-refractivity contribution < 1.29 is 37.7 Å². The minimum Gasteiger partial charge on any atom is -0.478 e. The fourth-order valence-electron chi connectivity index (χ4n) is 5.32. The summed E-state index contributed by atoms with van der Waals surface area (Å²) in [6.07, 6.45) is -2.09. The van der Waals surface area contributed by atoms with Crippen LogP contribution >= 0.6 is 0 Å². The number of halogens is 2. The Bertz CT molecular complexity index is 1370. The van der Waals surface area contributed by atoms with Crippen molar-refractivity contribution in [2.24, 2.45) is 0 Å². The summed E-state index contributed by atoms with van der Waals surface area (Å²) in [4.78, 5) is 24.9. The predicted molar refractivity (Wildman–Crippen MR) is 131 cm³/mol. The molecular formula is C29H25F2NO6. The zero-order chi connectivity index (χ0) is 26.5. The van der Waals surface area contributed by atoms with E-state index < -0.39 is 17.7 Å². The van der Waals surface area contributed by atoms with Crippen LogP contribution in [0.4, 0.5) is 8.78 Å². The highest BCUT2D eigenvalue weighted by atomic mass is 19.3. The zero-order valence-electron chi connectivity index (χ0n) is 20.2. The minimum atomic E-state index is -3.72. The van der Waals surface area contributed by atoms with Gasteiger partial charge in [0.1, 0.15) is 0 Å². The fourth-order valence-corrected chi connectivity index (χ4v) is 5.32. The lowest BCUT2D eigenvalue weighted by molar-refractivity contribution is -0.286. The van der Waals surface area contributed by atoms with Crippen LogP contribution in [0.1, 0.15) is 64.9 Å². The number of benzene rings is 3. The highest BCUT2D eigenvalue weighted by Gasteiger charge is 2.53. The highest BCUT2D eigenvalue weighted by Crippen LogP contribution is 2.52. The second kappa shape index (κ2) is 9.09. The number of carboxylic acid groups (broad SMARTS) is 1. The van der Waals surface area contributed by atoms with Gasteiger partial charge in [-0.05, 0) is 66.6 Å². The number of ether oxygens (including phenoxy) is 3. The predicted octanol–water partition coefficient (Wildman–Crippen LogP) is 5.52. The largest absolute Gasteiger partial charge is 0.586 e. The summed E-state index contributed by atoms with van der Waals surface area (Å²) >= 11 is 0.